The second kappa shape index (κ2) is 9.26. The van der Waals surface area contributed by atoms with Crippen LogP contribution in [0.25, 0.3) is 0 Å². The lowest BCUT2D eigenvalue weighted by atomic mass is 10.1. The molecule has 0 saturated carbocycles. The Morgan fingerprint density at radius 1 is 1.06 bits per heavy atom. The fourth-order valence-corrected chi connectivity index (χ4v) is 5.76. The van der Waals surface area contributed by atoms with Crippen LogP contribution in [0.2, 0.25) is 0 Å². The fraction of sp³-hybridized carbons (Fsp3) is 0.208. The molecule has 8 heteroatoms. The summed E-state index contributed by atoms with van der Waals surface area (Å²) in [5, 5.41) is -0.284. The second-order valence-electron chi connectivity index (χ2n) is 7.37. The first-order valence-corrected chi connectivity index (χ1v) is 12.8. The number of hydrogen-bond acceptors (Lipinski definition) is 5. The van der Waals surface area contributed by atoms with E-state index in [1.165, 1.54) is 11.8 Å². The zero-order valence-electron chi connectivity index (χ0n) is 17.8. The normalized spacial score (nSPS) is 16.2. The zero-order valence-corrected chi connectivity index (χ0v) is 19.4. The summed E-state index contributed by atoms with van der Waals surface area (Å²) in [6, 6.07) is 21.3. The van der Waals surface area contributed by atoms with Gasteiger partial charge in [-0.3, -0.25) is 14.4 Å². The number of carbonyl (C=O) groups is 1. The smallest absolute Gasteiger partial charge is 0.261 e. The predicted octanol–water partition coefficient (Wildman–Crippen LogP) is 4.97. The Kier molecular flexibility index (Phi) is 6.43. The summed E-state index contributed by atoms with van der Waals surface area (Å²) >= 11 is 1.50. The molecule has 1 amide bonds. The van der Waals surface area contributed by atoms with E-state index in [0.717, 1.165) is 11.1 Å². The van der Waals surface area contributed by atoms with Crippen LogP contribution in [-0.2, 0) is 14.8 Å². The number of para-hydroxylation sites is 2. The Balaban J connectivity index is 1.64. The van der Waals surface area contributed by atoms with Gasteiger partial charge in [-0.05, 0) is 55.8 Å². The molecular formula is C24H24N2O4S2. The average Bonchev–Trinajstić information content (AvgIpc) is 3.16. The molecule has 1 N–H and O–H groups in total. The molecule has 0 spiro atoms. The molecule has 3 aromatic carbocycles. The minimum Gasteiger partial charge on any atom is -0.492 e. The molecular weight excluding hydrogens is 444 g/mol. The average molecular weight is 469 g/mol. The molecule has 0 radical (unpaired) electrons. The van der Waals surface area contributed by atoms with E-state index < -0.39 is 10.0 Å². The van der Waals surface area contributed by atoms with Crippen molar-refractivity contribution in [3.05, 3.63) is 83.9 Å². The number of rotatable bonds is 7. The summed E-state index contributed by atoms with van der Waals surface area (Å²) in [4.78, 5) is 14.7. The maximum atomic E-state index is 12.8. The van der Waals surface area contributed by atoms with Crippen LogP contribution in [0, 0.1) is 6.92 Å². The highest BCUT2D eigenvalue weighted by Gasteiger charge is 2.35. The Bertz CT molecular complexity index is 1230. The first kappa shape index (κ1) is 22.2. The maximum absolute atomic E-state index is 12.8. The second-order valence-corrected chi connectivity index (χ2v) is 10.1. The molecule has 1 aliphatic heterocycles. The van der Waals surface area contributed by atoms with Gasteiger partial charge in [0.05, 0.1) is 22.9 Å². The van der Waals surface area contributed by atoms with E-state index in [4.69, 9.17) is 4.74 Å². The summed E-state index contributed by atoms with van der Waals surface area (Å²) in [5.74, 6) is 0.967. The maximum Gasteiger partial charge on any atom is 0.261 e. The molecule has 0 aliphatic carbocycles. The summed E-state index contributed by atoms with van der Waals surface area (Å²) in [6.45, 7) is 4.30. The largest absolute Gasteiger partial charge is 0.492 e. The molecule has 1 saturated heterocycles. The number of nitrogens with one attached hydrogen (secondary N) is 1. The van der Waals surface area contributed by atoms with E-state index in [0.29, 0.717) is 29.5 Å². The SMILES string of the molecule is CCOc1ccccc1N1C(=O)CSC1c1cccc(NS(=O)(=O)c2ccc(C)cc2)c1. The van der Waals surface area contributed by atoms with E-state index in [1.54, 1.807) is 47.4 Å². The molecule has 1 heterocycles. The molecule has 1 fully saturated rings. The highest BCUT2D eigenvalue weighted by atomic mass is 32.2. The Morgan fingerprint density at radius 3 is 2.56 bits per heavy atom. The first-order chi connectivity index (χ1) is 15.4. The van der Waals surface area contributed by atoms with Crippen molar-refractivity contribution in [2.45, 2.75) is 24.1 Å². The van der Waals surface area contributed by atoms with Crippen molar-refractivity contribution in [2.24, 2.45) is 0 Å². The lowest BCUT2D eigenvalue weighted by Gasteiger charge is -2.26. The number of carbonyl (C=O) groups excluding carboxylic acids is 1. The topological polar surface area (TPSA) is 75.7 Å². The van der Waals surface area contributed by atoms with Crippen LogP contribution >= 0.6 is 11.8 Å². The van der Waals surface area contributed by atoms with Gasteiger partial charge in [-0.1, -0.05) is 42.0 Å². The van der Waals surface area contributed by atoms with Gasteiger partial charge in [-0.25, -0.2) is 8.42 Å². The molecule has 0 aromatic heterocycles. The van der Waals surface area contributed by atoms with Crippen molar-refractivity contribution in [3.8, 4) is 5.75 Å². The van der Waals surface area contributed by atoms with Gasteiger partial charge in [0.2, 0.25) is 5.91 Å². The lowest BCUT2D eigenvalue weighted by molar-refractivity contribution is -0.115. The van der Waals surface area contributed by atoms with E-state index in [1.807, 2.05) is 44.2 Å². The van der Waals surface area contributed by atoms with Crippen molar-refractivity contribution < 1.29 is 17.9 Å². The van der Waals surface area contributed by atoms with Gasteiger partial charge >= 0.3 is 0 Å². The van der Waals surface area contributed by atoms with Gasteiger partial charge in [-0.15, -0.1) is 11.8 Å². The minimum absolute atomic E-state index is 0.0159. The summed E-state index contributed by atoms with van der Waals surface area (Å²) in [7, 11) is -3.72. The first-order valence-electron chi connectivity index (χ1n) is 10.2. The van der Waals surface area contributed by atoms with Crippen molar-refractivity contribution in [3.63, 3.8) is 0 Å². The number of benzene rings is 3. The Hall–Kier alpha value is -2.97. The van der Waals surface area contributed by atoms with Gasteiger partial charge in [-0.2, -0.15) is 0 Å². The van der Waals surface area contributed by atoms with E-state index in [-0.39, 0.29) is 16.2 Å². The van der Waals surface area contributed by atoms with E-state index in [9.17, 15) is 13.2 Å². The number of aryl methyl sites for hydroxylation is 1. The third-order valence-electron chi connectivity index (χ3n) is 5.05. The molecule has 0 bridgehead atoms. The van der Waals surface area contributed by atoms with Crippen LogP contribution < -0.4 is 14.4 Å². The quantitative estimate of drug-likeness (QED) is 0.530. The monoisotopic (exact) mass is 468 g/mol. The number of thioether (sulfide) groups is 1. The third-order valence-corrected chi connectivity index (χ3v) is 7.66. The Morgan fingerprint density at radius 2 is 1.81 bits per heavy atom. The minimum atomic E-state index is -3.72. The molecule has 1 unspecified atom stereocenters. The molecule has 166 valence electrons. The van der Waals surface area contributed by atoms with Gasteiger partial charge in [0.15, 0.2) is 0 Å². The van der Waals surface area contributed by atoms with Crippen molar-refractivity contribution >= 4 is 39.1 Å². The molecule has 1 atom stereocenters. The van der Waals surface area contributed by atoms with Crippen molar-refractivity contribution in [1.82, 2.24) is 0 Å². The fourth-order valence-electron chi connectivity index (χ4n) is 3.55. The number of ether oxygens (including phenoxy) is 1. The van der Waals surface area contributed by atoms with Gasteiger partial charge in [0, 0.05) is 5.69 Å². The summed E-state index contributed by atoms with van der Waals surface area (Å²) in [5.41, 5.74) is 2.97. The van der Waals surface area contributed by atoms with Crippen LogP contribution in [0.15, 0.2) is 77.7 Å². The van der Waals surface area contributed by atoms with Crippen LogP contribution in [0.1, 0.15) is 23.4 Å². The molecule has 4 rings (SSSR count). The van der Waals surface area contributed by atoms with Crippen molar-refractivity contribution in [2.75, 3.05) is 22.0 Å². The van der Waals surface area contributed by atoms with E-state index in [2.05, 4.69) is 4.72 Å². The van der Waals surface area contributed by atoms with Crippen LogP contribution in [0.4, 0.5) is 11.4 Å². The number of amides is 1. The van der Waals surface area contributed by atoms with Crippen LogP contribution in [0.5, 0.6) is 5.75 Å². The third kappa shape index (κ3) is 4.61. The van der Waals surface area contributed by atoms with Crippen molar-refractivity contribution in [1.29, 1.82) is 0 Å². The summed E-state index contributed by atoms with van der Waals surface area (Å²) in [6.07, 6.45) is 0. The van der Waals surface area contributed by atoms with Gasteiger partial charge < -0.3 is 4.74 Å². The zero-order chi connectivity index (χ0) is 22.7. The lowest BCUT2D eigenvalue weighted by Crippen LogP contribution is -2.28. The number of nitrogens with zero attached hydrogens (tertiary/aromatic N) is 1. The van der Waals surface area contributed by atoms with Gasteiger partial charge in [0.25, 0.3) is 10.0 Å². The van der Waals surface area contributed by atoms with Gasteiger partial charge in [0.1, 0.15) is 11.1 Å². The van der Waals surface area contributed by atoms with Crippen LogP contribution in [-0.4, -0.2) is 26.7 Å². The number of anilines is 2. The number of sulfonamides is 1. The molecule has 32 heavy (non-hydrogen) atoms. The van der Waals surface area contributed by atoms with E-state index >= 15 is 0 Å². The highest BCUT2D eigenvalue weighted by Crippen LogP contribution is 2.45. The highest BCUT2D eigenvalue weighted by molar-refractivity contribution is 8.00. The molecule has 3 aromatic rings. The summed E-state index contributed by atoms with van der Waals surface area (Å²) < 4.78 is 34.0. The van der Waals surface area contributed by atoms with Crippen LogP contribution in [0.3, 0.4) is 0 Å². The molecule has 1 aliphatic rings. The standard InChI is InChI=1S/C24H24N2O4S2/c1-3-30-22-10-5-4-9-21(22)26-23(27)16-31-24(26)18-7-6-8-19(15-18)25-32(28,29)20-13-11-17(2)12-14-20/h4-15,24-25H,3,16H2,1-2H3. The Labute approximate surface area is 192 Å². The number of hydrogen-bond donors (Lipinski definition) is 1. The molecule has 6 nitrogen and oxygen atoms in total. The predicted molar refractivity (Wildman–Crippen MR) is 129 cm³/mol.